The first-order chi connectivity index (χ1) is 6.48. The number of nitrogens with zero attached hydrogens (tertiary/aromatic N) is 1. The molecule has 0 amide bonds. The van der Waals surface area contributed by atoms with E-state index >= 15 is 0 Å². The van der Waals surface area contributed by atoms with Crippen molar-refractivity contribution in [2.45, 2.75) is 44.1 Å². The van der Waals surface area contributed by atoms with Crippen molar-refractivity contribution in [3.05, 3.63) is 0 Å². The Hall–Kier alpha value is -0.0800. The Labute approximate surface area is 95.0 Å². The van der Waals surface area contributed by atoms with Gasteiger partial charge in [0.2, 0.25) is 0 Å². The lowest BCUT2D eigenvalue weighted by Gasteiger charge is -2.61. The molecule has 15 heavy (non-hydrogen) atoms. The van der Waals surface area contributed by atoms with Crippen molar-refractivity contribution in [1.82, 2.24) is 0 Å². The maximum Gasteiger partial charge on any atom is 1.00 e. The summed E-state index contributed by atoms with van der Waals surface area (Å²) in [5.74, 6) is 3.29. The van der Waals surface area contributed by atoms with E-state index in [9.17, 15) is 0 Å². The molecule has 0 radical (unpaired) electrons. The largest absolute Gasteiger partial charge is 1.00 e. The standard InChI is InChI=1S/C13H24N.H2O/c1-14(2,3)13-7-10-4-11(8-13)6-12(5-10)9-13;/h10-12H,4-9H2,1-3H3;1H2/q+1;/p+1. The third kappa shape index (κ3) is 1.53. The molecule has 2 nitrogen and oxygen atoms in total. The maximum atomic E-state index is 2.42. The van der Waals surface area contributed by atoms with Gasteiger partial charge in [0.1, 0.15) is 0 Å². The molecule has 0 heterocycles. The topological polar surface area (TPSA) is 31.5 Å². The van der Waals surface area contributed by atoms with Crippen molar-refractivity contribution in [2.24, 2.45) is 17.8 Å². The number of rotatable bonds is 1. The molecule has 0 aromatic carbocycles. The second-order valence-corrected chi connectivity index (χ2v) is 7.15. The minimum Gasteiger partial charge on any atom is -0.412 e. The normalized spacial score (nSPS) is 47.8. The predicted octanol–water partition coefficient (Wildman–Crippen LogP) is 1.95. The summed E-state index contributed by atoms with van der Waals surface area (Å²) in [6.07, 6.45) is 9.30. The van der Waals surface area contributed by atoms with Crippen molar-refractivity contribution in [2.75, 3.05) is 21.1 Å². The second-order valence-electron chi connectivity index (χ2n) is 7.15. The third-order valence-corrected chi connectivity index (χ3v) is 5.43. The van der Waals surface area contributed by atoms with Gasteiger partial charge in [0, 0.05) is 19.3 Å². The lowest BCUT2D eigenvalue weighted by molar-refractivity contribution is -0.930. The molecule has 4 aliphatic carbocycles. The summed E-state index contributed by atoms with van der Waals surface area (Å²) in [6, 6.07) is 0. The molecule has 0 aromatic heterocycles. The van der Waals surface area contributed by atoms with Crippen LogP contribution in [0, 0.1) is 17.8 Å². The Morgan fingerprint density at radius 1 is 0.867 bits per heavy atom. The Morgan fingerprint density at radius 2 is 1.20 bits per heavy atom. The molecule has 88 valence electrons. The van der Waals surface area contributed by atoms with Gasteiger partial charge in [-0.1, -0.05) is 0 Å². The molecule has 0 aromatic rings. The second kappa shape index (κ2) is 3.21. The SMILES string of the molecule is C[N+](C)(C)C12CC3CC(CC(C3)C1)C2.O.[H+]. The van der Waals surface area contributed by atoms with Crippen LogP contribution < -0.4 is 0 Å². The van der Waals surface area contributed by atoms with Gasteiger partial charge in [-0.2, -0.15) is 0 Å². The van der Waals surface area contributed by atoms with Crippen molar-refractivity contribution in [3.8, 4) is 0 Å². The molecule has 0 aliphatic heterocycles. The molecule has 0 spiro atoms. The highest BCUT2D eigenvalue weighted by molar-refractivity contribution is 5.02. The van der Waals surface area contributed by atoms with E-state index in [0.717, 1.165) is 17.8 Å². The smallest absolute Gasteiger partial charge is 0.412 e. The highest BCUT2D eigenvalue weighted by Crippen LogP contribution is 2.58. The zero-order chi connectivity index (χ0) is 9.97. The van der Waals surface area contributed by atoms with Crippen LogP contribution >= 0.6 is 0 Å². The first-order valence-electron chi connectivity index (χ1n) is 6.30. The fraction of sp³-hybridized carbons (Fsp3) is 1.00. The molecule has 4 fully saturated rings. The average molecular weight is 213 g/mol. The summed E-state index contributed by atoms with van der Waals surface area (Å²) in [7, 11) is 7.27. The van der Waals surface area contributed by atoms with E-state index < -0.39 is 0 Å². The number of hydrogen-bond donors (Lipinski definition) is 0. The van der Waals surface area contributed by atoms with E-state index in [0.29, 0.717) is 5.54 Å². The van der Waals surface area contributed by atoms with Gasteiger partial charge in [-0.3, -0.25) is 0 Å². The van der Waals surface area contributed by atoms with Gasteiger partial charge < -0.3 is 9.96 Å². The fourth-order valence-corrected chi connectivity index (χ4v) is 4.89. The molecule has 0 saturated heterocycles. The van der Waals surface area contributed by atoms with Crippen LogP contribution in [0.3, 0.4) is 0 Å². The van der Waals surface area contributed by atoms with Gasteiger partial charge in [-0.25, -0.2) is 0 Å². The van der Waals surface area contributed by atoms with Crippen LogP contribution in [0.1, 0.15) is 40.0 Å². The number of hydrogen-bond acceptors (Lipinski definition) is 0. The van der Waals surface area contributed by atoms with E-state index in [-0.39, 0.29) is 6.90 Å². The van der Waals surface area contributed by atoms with Gasteiger partial charge in [0.15, 0.2) is 0 Å². The van der Waals surface area contributed by atoms with Crippen LogP contribution in [0.2, 0.25) is 0 Å². The molecule has 4 aliphatic rings. The van der Waals surface area contributed by atoms with Crippen LogP contribution in [-0.2, 0) is 0 Å². The Bertz CT molecular complexity index is 224. The minimum absolute atomic E-state index is 0. The monoisotopic (exact) mass is 213 g/mol. The van der Waals surface area contributed by atoms with E-state index in [1.54, 1.807) is 19.3 Å². The molecular weight excluding hydrogens is 186 g/mol. The van der Waals surface area contributed by atoms with Crippen LogP contribution in [0.15, 0.2) is 0 Å². The van der Waals surface area contributed by atoms with Gasteiger partial charge in [0.25, 0.3) is 0 Å². The van der Waals surface area contributed by atoms with Crippen LogP contribution in [0.5, 0.6) is 0 Å². The van der Waals surface area contributed by atoms with Gasteiger partial charge in [0.05, 0.1) is 26.7 Å². The van der Waals surface area contributed by atoms with Crippen molar-refractivity contribution >= 4 is 0 Å². The lowest BCUT2D eigenvalue weighted by Crippen LogP contribution is -2.65. The van der Waals surface area contributed by atoms with Gasteiger partial charge >= 0.3 is 1.43 Å². The molecular formula is C13H27NO+2. The van der Waals surface area contributed by atoms with Crippen LogP contribution in [0.4, 0.5) is 0 Å². The first-order valence-corrected chi connectivity index (χ1v) is 6.30. The minimum atomic E-state index is 0. The molecule has 0 atom stereocenters. The summed E-state index contributed by atoms with van der Waals surface area (Å²) in [4.78, 5) is 0. The lowest BCUT2D eigenvalue weighted by atomic mass is 9.52. The van der Waals surface area contributed by atoms with E-state index in [2.05, 4.69) is 21.1 Å². The summed E-state index contributed by atoms with van der Waals surface area (Å²) in [6.45, 7) is 0. The van der Waals surface area contributed by atoms with Crippen molar-refractivity contribution in [3.63, 3.8) is 0 Å². The highest BCUT2D eigenvalue weighted by Gasteiger charge is 2.57. The highest BCUT2D eigenvalue weighted by atomic mass is 16.0. The Balaban J connectivity index is 0.000000640. The molecule has 4 rings (SSSR count). The van der Waals surface area contributed by atoms with Crippen molar-refractivity contribution < 1.29 is 11.4 Å². The van der Waals surface area contributed by atoms with E-state index in [4.69, 9.17) is 0 Å². The fourth-order valence-electron chi connectivity index (χ4n) is 4.89. The first kappa shape index (κ1) is 11.4. The summed E-state index contributed by atoms with van der Waals surface area (Å²) in [5.41, 5.74) is 0.675. The summed E-state index contributed by atoms with van der Waals surface area (Å²) in [5, 5.41) is 0. The Morgan fingerprint density at radius 3 is 1.47 bits per heavy atom. The third-order valence-electron chi connectivity index (χ3n) is 5.43. The molecule has 4 saturated carbocycles. The van der Waals surface area contributed by atoms with Crippen LogP contribution in [0.25, 0.3) is 0 Å². The number of quaternary nitrogens is 1. The average Bonchev–Trinajstić information content (AvgIpc) is 1.98. The van der Waals surface area contributed by atoms with Gasteiger partial charge in [-0.05, 0) is 37.0 Å². The molecule has 2 heteroatoms. The molecule has 2 N–H and O–H groups in total. The van der Waals surface area contributed by atoms with Crippen LogP contribution in [-0.4, -0.2) is 36.6 Å². The summed E-state index contributed by atoms with van der Waals surface area (Å²) >= 11 is 0. The van der Waals surface area contributed by atoms with Crippen molar-refractivity contribution in [1.29, 1.82) is 0 Å². The summed E-state index contributed by atoms with van der Waals surface area (Å²) < 4.78 is 1.22. The quantitative estimate of drug-likeness (QED) is 0.596. The predicted molar refractivity (Wildman–Crippen MR) is 63.7 cm³/mol. The Kier molecular flexibility index (Phi) is 2.44. The van der Waals surface area contributed by atoms with Gasteiger partial charge in [-0.15, -0.1) is 0 Å². The van der Waals surface area contributed by atoms with E-state index in [1.807, 2.05) is 0 Å². The zero-order valence-corrected chi connectivity index (χ0v) is 10.4. The van der Waals surface area contributed by atoms with E-state index in [1.165, 1.54) is 23.7 Å². The molecule has 4 bridgehead atoms. The molecule has 0 unspecified atom stereocenters. The zero-order valence-electron chi connectivity index (χ0n) is 11.4. The maximum absolute atomic E-state index is 2.42.